The Bertz CT molecular complexity index is 517. The molecule has 1 rings (SSSR count). The Balaban J connectivity index is 2.94. The molecule has 110 valence electrons. The van der Waals surface area contributed by atoms with Crippen LogP contribution in [-0.4, -0.2) is 30.8 Å². The second-order valence-corrected chi connectivity index (χ2v) is 6.45. The van der Waals surface area contributed by atoms with Crippen LogP contribution in [0.2, 0.25) is 0 Å². The summed E-state index contributed by atoms with van der Waals surface area (Å²) in [5, 5.41) is 8.94. The van der Waals surface area contributed by atoms with Crippen LogP contribution < -0.4 is 4.74 Å². The maximum atomic E-state index is 11.6. The average Bonchev–Trinajstić information content (AvgIpc) is 2.36. The van der Waals surface area contributed by atoms with Gasteiger partial charge in [0.1, 0.15) is 12.4 Å². The molecule has 0 heterocycles. The summed E-state index contributed by atoms with van der Waals surface area (Å²) in [6.45, 7) is 3.50. The topological polar surface area (TPSA) is 72.8 Å². The first-order chi connectivity index (χ1) is 9.19. The zero-order chi connectivity index (χ0) is 15.5. The normalized spacial score (nSPS) is 11.1. The molecule has 0 fully saturated rings. The zero-order valence-electron chi connectivity index (χ0n) is 11.2. The summed E-state index contributed by atoms with van der Waals surface area (Å²) >= 11 is 6.51. The Morgan fingerprint density at radius 1 is 1.25 bits per heavy atom. The number of benzene rings is 1. The highest BCUT2D eigenvalue weighted by Gasteiger charge is 2.30. The van der Waals surface area contributed by atoms with E-state index in [2.05, 4.69) is 31.9 Å². The Kier molecular flexibility index (Phi) is 5.59. The van der Waals surface area contributed by atoms with Crippen LogP contribution in [0.4, 0.5) is 0 Å². The lowest BCUT2D eigenvalue weighted by Crippen LogP contribution is -2.32. The second kappa shape index (κ2) is 6.58. The van der Waals surface area contributed by atoms with Gasteiger partial charge in [0.15, 0.2) is 0 Å². The Morgan fingerprint density at radius 2 is 1.75 bits per heavy atom. The molecule has 0 saturated carbocycles. The van der Waals surface area contributed by atoms with E-state index in [1.165, 1.54) is 19.2 Å². The van der Waals surface area contributed by atoms with Crippen molar-refractivity contribution >= 4 is 43.8 Å². The molecule has 0 saturated heterocycles. The fraction of sp³-hybridized carbons (Fsp3) is 0.385. The molecule has 0 amide bonds. The minimum absolute atomic E-state index is 0.100. The molecular formula is C13H14Br2O5. The van der Waals surface area contributed by atoms with Gasteiger partial charge in [0.05, 0.1) is 27.0 Å². The SMILES string of the molecule is COC(=O)C(C)(C)COc1c(Br)cc(C(=O)O)cc1Br. The molecule has 0 aliphatic heterocycles. The number of esters is 1. The molecule has 1 aromatic carbocycles. The lowest BCUT2D eigenvalue weighted by molar-refractivity contribution is -0.152. The minimum atomic E-state index is -1.03. The first-order valence-corrected chi connectivity index (χ1v) is 7.21. The van der Waals surface area contributed by atoms with E-state index in [0.29, 0.717) is 14.7 Å². The number of hydrogen-bond acceptors (Lipinski definition) is 4. The molecule has 1 aromatic rings. The van der Waals surface area contributed by atoms with Gasteiger partial charge < -0.3 is 14.6 Å². The summed E-state index contributed by atoms with van der Waals surface area (Å²) in [5.41, 5.74) is -0.678. The van der Waals surface area contributed by atoms with Crippen LogP contribution in [0.3, 0.4) is 0 Å². The van der Waals surface area contributed by atoms with Crippen molar-refractivity contribution in [2.45, 2.75) is 13.8 Å². The van der Waals surface area contributed by atoms with Gasteiger partial charge in [-0.1, -0.05) is 0 Å². The molecule has 0 radical (unpaired) electrons. The van der Waals surface area contributed by atoms with Crippen LogP contribution in [0, 0.1) is 5.41 Å². The van der Waals surface area contributed by atoms with Crippen LogP contribution in [-0.2, 0) is 9.53 Å². The van der Waals surface area contributed by atoms with E-state index in [9.17, 15) is 9.59 Å². The smallest absolute Gasteiger partial charge is 0.335 e. The molecule has 0 aliphatic rings. The number of ether oxygens (including phenoxy) is 2. The largest absolute Gasteiger partial charge is 0.490 e. The minimum Gasteiger partial charge on any atom is -0.490 e. The summed E-state index contributed by atoms with van der Waals surface area (Å²) in [6, 6.07) is 2.88. The van der Waals surface area contributed by atoms with Crippen molar-refractivity contribution in [3.05, 3.63) is 26.6 Å². The summed E-state index contributed by atoms with van der Waals surface area (Å²) < 4.78 is 11.3. The molecule has 0 bridgehead atoms. The number of aromatic carboxylic acids is 1. The van der Waals surface area contributed by atoms with E-state index in [1.807, 2.05) is 0 Å². The third kappa shape index (κ3) is 3.96. The molecule has 1 N–H and O–H groups in total. The maximum absolute atomic E-state index is 11.6. The van der Waals surface area contributed by atoms with Gasteiger partial charge in [-0.25, -0.2) is 4.79 Å². The molecule has 7 heteroatoms. The predicted octanol–water partition coefficient (Wildman–Crippen LogP) is 3.49. The summed E-state index contributed by atoms with van der Waals surface area (Å²) in [7, 11) is 1.32. The van der Waals surface area contributed by atoms with Gasteiger partial charge in [0.2, 0.25) is 0 Å². The van der Waals surface area contributed by atoms with E-state index in [0.717, 1.165) is 0 Å². The van der Waals surface area contributed by atoms with Crippen molar-refractivity contribution in [3.8, 4) is 5.75 Å². The summed E-state index contributed by atoms with van der Waals surface area (Å²) in [5.74, 6) is -0.980. The molecule has 0 aromatic heterocycles. The second-order valence-electron chi connectivity index (χ2n) is 4.74. The summed E-state index contributed by atoms with van der Waals surface area (Å²) in [4.78, 5) is 22.5. The lowest BCUT2D eigenvalue weighted by Gasteiger charge is -2.22. The number of carboxylic acid groups (broad SMARTS) is 1. The van der Waals surface area contributed by atoms with Crippen LogP contribution in [0.1, 0.15) is 24.2 Å². The third-order valence-corrected chi connectivity index (χ3v) is 3.74. The van der Waals surface area contributed by atoms with Crippen LogP contribution in [0.25, 0.3) is 0 Å². The highest BCUT2D eigenvalue weighted by molar-refractivity contribution is 9.11. The Morgan fingerprint density at radius 3 is 2.15 bits per heavy atom. The van der Waals surface area contributed by atoms with E-state index >= 15 is 0 Å². The van der Waals surface area contributed by atoms with Crippen molar-refractivity contribution in [1.29, 1.82) is 0 Å². The quantitative estimate of drug-likeness (QED) is 0.753. The van der Waals surface area contributed by atoms with Crippen LogP contribution >= 0.6 is 31.9 Å². The fourth-order valence-electron chi connectivity index (χ4n) is 1.41. The highest BCUT2D eigenvalue weighted by Crippen LogP contribution is 2.36. The van der Waals surface area contributed by atoms with E-state index in [-0.39, 0.29) is 18.1 Å². The molecule has 0 aliphatic carbocycles. The number of carbonyl (C=O) groups is 2. The van der Waals surface area contributed by atoms with Gasteiger partial charge >= 0.3 is 11.9 Å². The lowest BCUT2D eigenvalue weighted by atomic mass is 9.95. The molecule has 0 spiro atoms. The van der Waals surface area contributed by atoms with E-state index in [4.69, 9.17) is 14.6 Å². The monoisotopic (exact) mass is 408 g/mol. The van der Waals surface area contributed by atoms with Crippen molar-refractivity contribution in [1.82, 2.24) is 0 Å². The van der Waals surface area contributed by atoms with E-state index < -0.39 is 11.4 Å². The standard InChI is InChI=1S/C13H14Br2O5/c1-13(2,12(18)19-3)6-20-10-8(14)4-7(11(16)17)5-9(10)15/h4-5H,6H2,1-3H3,(H,16,17). The van der Waals surface area contributed by atoms with Crippen molar-refractivity contribution in [2.75, 3.05) is 13.7 Å². The Labute approximate surface area is 133 Å². The van der Waals surface area contributed by atoms with E-state index in [1.54, 1.807) is 13.8 Å². The Hall–Kier alpha value is -1.08. The number of methoxy groups -OCH3 is 1. The predicted molar refractivity (Wildman–Crippen MR) is 80.1 cm³/mol. The van der Waals surface area contributed by atoms with Gasteiger partial charge in [0, 0.05) is 0 Å². The first kappa shape index (κ1) is 17.0. The van der Waals surface area contributed by atoms with Crippen LogP contribution in [0.5, 0.6) is 5.75 Å². The highest BCUT2D eigenvalue weighted by atomic mass is 79.9. The molecule has 0 atom stereocenters. The third-order valence-electron chi connectivity index (χ3n) is 2.56. The van der Waals surface area contributed by atoms with Gasteiger partial charge in [0.25, 0.3) is 0 Å². The molecule has 20 heavy (non-hydrogen) atoms. The number of carboxylic acids is 1. The molecular weight excluding hydrogens is 396 g/mol. The average molecular weight is 410 g/mol. The molecule has 5 nitrogen and oxygen atoms in total. The number of rotatable bonds is 5. The maximum Gasteiger partial charge on any atom is 0.335 e. The zero-order valence-corrected chi connectivity index (χ0v) is 14.4. The summed E-state index contributed by atoms with van der Waals surface area (Å²) in [6.07, 6.45) is 0. The number of carbonyl (C=O) groups excluding carboxylic acids is 1. The van der Waals surface area contributed by atoms with Gasteiger partial charge in [-0.3, -0.25) is 4.79 Å². The van der Waals surface area contributed by atoms with Gasteiger partial charge in [-0.05, 0) is 57.8 Å². The number of halogens is 2. The van der Waals surface area contributed by atoms with Crippen molar-refractivity contribution in [2.24, 2.45) is 5.41 Å². The first-order valence-electron chi connectivity index (χ1n) is 5.62. The van der Waals surface area contributed by atoms with Gasteiger partial charge in [-0.15, -0.1) is 0 Å². The van der Waals surface area contributed by atoms with Gasteiger partial charge in [-0.2, -0.15) is 0 Å². The van der Waals surface area contributed by atoms with Crippen LogP contribution in [0.15, 0.2) is 21.1 Å². The van der Waals surface area contributed by atoms with Crippen molar-refractivity contribution < 1.29 is 24.2 Å². The molecule has 0 unspecified atom stereocenters. The fourth-order valence-corrected chi connectivity index (χ4v) is 2.82. The van der Waals surface area contributed by atoms with Crippen molar-refractivity contribution in [3.63, 3.8) is 0 Å². The number of hydrogen-bond donors (Lipinski definition) is 1.